The van der Waals surface area contributed by atoms with Crippen molar-refractivity contribution in [1.29, 1.82) is 0 Å². The molecule has 192 valence electrons. The van der Waals surface area contributed by atoms with Crippen LogP contribution in [0.15, 0.2) is 95.8 Å². The van der Waals surface area contributed by atoms with Gasteiger partial charge in [0.1, 0.15) is 6.17 Å². The highest BCUT2D eigenvalue weighted by Crippen LogP contribution is 2.42. The van der Waals surface area contributed by atoms with Gasteiger partial charge in [-0.15, -0.1) is 0 Å². The number of esters is 1. The van der Waals surface area contributed by atoms with E-state index in [4.69, 9.17) is 16.3 Å². The number of nitrogens with one attached hydrogen (secondary N) is 1. The summed E-state index contributed by atoms with van der Waals surface area (Å²) in [5.41, 5.74) is 3.57. The van der Waals surface area contributed by atoms with Gasteiger partial charge in [-0.1, -0.05) is 78.4 Å². The van der Waals surface area contributed by atoms with Crippen molar-refractivity contribution in [2.45, 2.75) is 31.9 Å². The number of hydrogen-bond donors (Lipinski definition) is 1. The van der Waals surface area contributed by atoms with Crippen molar-refractivity contribution >= 4 is 34.0 Å². The van der Waals surface area contributed by atoms with Crippen molar-refractivity contribution in [1.82, 2.24) is 4.98 Å². The number of halogens is 2. The third-order valence-electron chi connectivity index (χ3n) is 7.02. The maximum Gasteiger partial charge on any atom is 0.310 e. The van der Waals surface area contributed by atoms with Gasteiger partial charge in [-0.3, -0.25) is 9.59 Å². The minimum absolute atomic E-state index is 0.119. The van der Waals surface area contributed by atoms with E-state index in [1.165, 1.54) is 0 Å². The lowest BCUT2D eigenvalue weighted by atomic mass is 9.73. The quantitative estimate of drug-likeness (QED) is 0.270. The summed E-state index contributed by atoms with van der Waals surface area (Å²) in [6, 6.07) is 22.2. The third kappa shape index (κ3) is 4.94. The molecule has 0 spiro atoms. The number of aromatic nitrogens is 1. The summed E-state index contributed by atoms with van der Waals surface area (Å²) < 4.78 is 20.8. The lowest BCUT2D eigenvalue weighted by Crippen LogP contribution is -2.32. The van der Waals surface area contributed by atoms with Crippen LogP contribution < -0.4 is 5.56 Å². The van der Waals surface area contributed by atoms with Crippen LogP contribution in [-0.2, 0) is 21.4 Å². The molecule has 0 saturated carbocycles. The molecule has 0 radical (unpaired) electrons. The van der Waals surface area contributed by atoms with Gasteiger partial charge in [-0.05, 0) is 71.3 Å². The fourth-order valence-corrected chi connectivity index (χ4v) is 5.25. The predicted octanol–water partition coefficient (Wildman–Crippen LogP) is 7.20. The van der Waals surface area contributed by atoms with E-state index < -0.39 is 11.6 Å². The molecule has 2 unspecified atom stereocenters. The fourth-order valence-electron chi connectivity index (χ4n) is 4.89. The Morgan fingerprint density at radius 1 is 1.05 bits per heavy atom. The molecule has 0 saturated heterocycles. The van der Waals surface area contributed by atoms with E-state index in [9.17, 15) is 9.59 Å². The Morgan fingerprint density at radius 2 is 1.82 bits per heavy atom. The molecule has 6 heteroatoms. The summed E-state index contributed by atoms with van der Waals surface area (Å²) in [5, 5.41) is 1.11. The van der Waals surface area contributed by atoms with Gasteiger partial charge in [-0.25, -0.2) is 4.39 Å². The molecule has 5 rings (SSSR count). The van der Waals surface area contributed by atoms with Crippen LogP contribution in [0.3, 0.4) is 0 Å². The molecule has 0 amide bonds. The number of fused-ring (bicyclic) bond motifs is 1. The minimum Gasteiger partial charge on any atom is -0.466 e. The first-order valence-electron chi connectivity index (χ1n) is 12.5. The summed E-state index contributed by atoms with van der Waals surface area (Å²) in [7, 11) is 0. The number of pyridine rings is 1. The first kappa shape index (κ1) is 25.7. The lowest BCUT2D eigenvalue weighted by Gasteiger charge is -2.33. The zero-order valence-electron chi connectivity index (χ0n) is 21.1. The van der Waals surface area contributed by atoms with Gasteiger partial charge in [0.05, 0.1) is 13.0 Å². The van der Waals surface area contributed by atoms with Crippen LogP contribution in [0.4, 0.5) is 4.39 Å². The van der Waals surface area contributed by atoms with E-state index in [1.54, 1.807) is 31.2 Å². The summed E-state index contributed by atoms with van der Waals surface area (Å²) in [5.74, 6) is -0.324. The van der Waals surface area contributed by atoms with Gasteiger partial charge in [0.2, 0.25) is 0 Å². The number of H-pyrrole nitrogens is 1. The molecular weight excluding hydrogens is 501 g/mol. The summed E-state index contributed by atoms with van der Waals surface area (Å²) in [6.45, 7) is 3.90. The molecule has 1 heterocycles. The van der Waals surface area contributed by atoms with Crippen molar-refractivity contribution in [2.24, 2.45) is 0 Å². The molecule has 2 atom stereocenters. The Bertz CT molecular complexity index is 1640. The number of hydrogen-bond acceptors (Lipinski definition) is 3. The lowest BCUT2D eigenvalue weighted by molar-refractivity contribution is -0.142. The van der Waals surface area contributed by atoms with Gasteiger partial charge in [0.15, 0.2) is 0 Å². The van der Waals surface area contributed by atoms with Crippen molar-refractivity contribution < 1.29 is 13.9 Å². The zero-order chi connectivity index (χ0) is 26.9. The Hall–Kier alpha value is -3.96. The maximum atomic E-state index is 15.8. The van der Waals surface area contributed by atoms with Crippen LogP contribution in [0, 0.1) is 0 Å². The van der Waals surface area contributed by atoms with E-state index in [1.807, 2.05) is 73.7 Å². The van der Waals surface area contributed by atoms with Gasteiger partial charge in [0.25, 0.3) is 5.56 Å². The molecule has 1 aliphatic carbocycles. The van der Waals surface area contributed by atoms with Crippen LogP contribution in [0.1, 0.15) is 30.5 Å². The second-order valence-corrected chi connectivity index (χ2v) is 10.0. The summed E-state index contributed by atoms with van der Waals surface area (Å²) >= 11 is 6.66. The van der Waals surface area contributed by atoms with E-state index in [0.29, 0.717) is 33.8 Å². The standard InChI is InChI=1S/C32H27ClFNO3/c1-3-38-30(36)15-20-8-7-11-23(14-20)25-16-24-17-26(27(33)19-28(24)35-31(25)37)32(2)13-12-22(18-29(32)34)21-9-5-4-6-10-21/h4-14,16-19,29H,3,15H2,1-2H3,(H,35,37). The van der Waals surface area contributed by atoms with Gasteiger partial charge >= 0.3 is 5.97 Å². The Balaban J connectivity index is 1.53. The molecule has 1 aliphatic rings. The van der Waals surface area contributed by atoms with Gasteiger partial charge in [-0.2, -0.15) is 0 Å². The average Bonchev–Trinajstić information content (AvgIpc) is 2.90. The van der Waals surface area contributed by atoms with E-state index >= 15 is 4.39 Å². The van der Waals surface area contributed by atoms with Crippen LogP contribution in [0.2, 0.25) is 5.02 Å². The van der Waals surface area contributed by atoms with Crippen molar-refractivity contribution in [3.8, 4) is 11.1 Å². The van der Waals surface area contributed by atoms with Gasteiger partial charge < -0.3 is 9.72 Å². The molecule has 0 bridgehead atoms. The number of alkyl halides is 1. The maximum absolute atomic E-state index is 15.8. The van der Waals surface area contributed by atoms with E-state index in [2.05, 4.69) is 4.98 Å². The van der Waals surface area contributed by atoms with Crippen molar-refractivity contribution in [2.75, 3.05) is 6.61 Å². The average molecular weight is 528 g/mol. The predicted molar refractivity (Wildman–Crippen MR) is 151 cm³/mol. The number of aromatic amines is 1. The van der Waals surface area contributed by atoms with Crippen molar-refractivity contribution in [3.63, 3.8) is 0 Å². The van der Waals surface area contributed by atoms with Gasteiger partial charge in [0, 0.05) is 21.5 Å². The molecular formula is C32H27ClFNO3. The molecule has 4 nitrogen and oxygen atoms in total. The van der Waals surface area contributed by atoms with E-state index in [0.717, 1.165) is 22.1 Å². The number of carbonyl (C=O) groups is 1. The molecule has 0 aliphatic heterocycles. The molecule has 0 fully saturated rings. The highest BCUT2D eigenvalue weighted by Gasteiger charge is 2.37. The first-order chi connectivity index (χ1) is 18.3. The zero-order valence-corrected chi connectivity index (χ0v) is 21.9. The smallest absolute Gasteiger partial charge is 0.310 e. The Morgan fingerprint density at radius 3 is 2.55 bits per heavy atom. The second-order valence-electron chi connectivity index (χ2n) is 9.62. The third-order valence-corrected chi connectivity index (χ3v) is 7.33. The summed E-state index contributed by atoms with van der Waals surface area (Å²) in [6.07, 6.45) is 4.23. The monoisotopic (exact) mass is 527 g/mol. The Kier molecular flexibility index (Phi) is 7.04. The van der Waals surface area contributed by atoms with Crippen LogP contribution in [0.25, 0.3) is 27.6 Å². The largest absolute Gasteiger partial charge is 0.466 e. The second kappa shape index (κ2) is 10.4. The highest BCUT2D eigenvalue weighted by molar-refractivity contribution is 6.32. The number of allylic oxidation sites excluding steroid dienone is 4. The molecule has 3 aromatic carbocycles. The minimum atomic E-state index is -1.31. The normalized spacial score (nSPS) is 18.8. The first-order valence-corrected chi connectivity index (χ1v) is 12.9. The molecule has 1 N–H and O–H groups in total. The number of ether oxygens (including phenoxy) is 1. The summed E-state index contributed by atoms with van der Waals surface area (Å²) in [4.78, 5) is 27.8. The SMILES string of the molecule is CCOC(=O)Cc1cccc(-c2cc3cc(C4(C)C=CC(c5ccccc5)=CC4F)c(Cl)cc3[nH]c2=O)c1. The van der Waals surface area contributed by atoms with E-state index in [-0.39, 0.29) is 17.9 Å². The molecule has 1 aromatic heterocycles. The fraction of sp³-hybridized carbons (Fsp3) is 0.188. The van der Waals surface area contributed by atoms with Crippen molar-refractivity contribution in [3.05, 3.63) is 123 Å². The number of benzene rings is 3. The number of carbonyl (C=O) groups excluding carboxylic acids is 1. The van der Waals surface area contributed by atoms with Crippen LogP contribution in [-0.4, -0.2) is 23.7 Å². The molecule has 38 heavy (non-hydrogen) atoms. The Labute approximate surface area is 225 Å². The van der Waals surface area contributed by atoms with Crippen LogP contribution in [0.5, 0.6) is 0 Å². The van der Waals surface area contributed by atoms with Crippen LogP contribution >= 0.6 is 11.6 Å². The topological polar surface area (TPSA) is 59.2 Å². The number of rotatable bonds is 6. The molecule has 4 aromatic rings. The highest BCUT2D eigenvalue weighted by atomic mass is 35.5.